The predicted octanol–water partition coefficient (Wildman–Crippen LogP) is 3.48. The van der Waals surface area contributed by atoms with Crippen LogP contribution in [0.25, 0.3) is 22.6 Å². The fourth-order valence-electron chi connectivity index (χ4n) is 3.05. The van der Waals surface area contributed by atoms with Crippen molar-refractivity contribution in [2.45, 2.75) is 19.6 Å². The number of anilines is 1. The normalized spacial score (nSPS) is 12.0. The second-order valence-electron chi connectivity index (χ2n) is 6.35. The Hall–Kier alpha value is -3.63. The lowest BCUT2D eigenvalue weighted by Crippen LogP contribution is -2.20. The van der Waals surface area contributed by atoms with Crippen LogP contribution in [0, 0.1) is 12.7 Å². The number of aryl methyl sites for hydroxylation is 1. The van der Waals surface area contributed by atoms with Crippen molar-refractivity contribution in [3.05, 3.63) is 63.5 Å². The maximum atomic E-state index is 13.4. The molecule has 0 aliphatic carbocycles. The van der Waals surface area contributed by atoms with Crippen LogP contribution in [0.3, 0.4) is 0 Å². The molecule has 3 heterocycles. The third-order valence-corrected chi connectivity index (χ3v) is 4.32. The molecule has 150 valence electrons. The van der Waals surface area contributed by atoms with E-state index in [1.165, 1.54) is 0 Å². The van der Waals surface area contributed by atoms with Gasteiger partial charge in [0, 0.05) is 0 Å². The van der Waals surface area contributed by atoms with E-state index in [0.29, 0.717) is 17.6 Å². The number of rotatable bonds is 3. The van der Waals surface area contributed by atoms with Crippen molar-refractivity contribution in [1.29, 1.82) is 0 Å². The van der Waals surface area contributed by atoms with Crippen LogP contribution < -0.4 is 11.4 Å². The van der Waals surface area contributed by atoms with Gasteiger partial charge >= 0.3 is 11.9 Å². The molecule has 0 amide bonds. The molecule has 0 radical (unpaired) electrons. The Kier molecular flexibility index (Phi) is 4.17. The molecular formula is C18H13F4N5O2. The molecule has 11 heteroatoms. The Labute approximate surface area is 159 Å². The molecule has 7 nitrogen and oxygen atoms in total. The van der Waals surface area contributed by atoms with Crippen molar-refractivity contribution in [3.8, 4) is 11.5 Å². The number of halogens is 4. The van der Waals surface area contributed by atoms with E-state index in [2.05, 4.69) is 15.0 Å². The maximum absolute atomic E-state index is 13.4. The molecule has 4 aromatic rings. The quantitative estimate of drug-likeness (QED) is 0.506. The van der Waals surface area contributed by atoms with Crippen molar-refractivity contribution in [1.82, 2.24) is 19.5 Å². The van der Waals surface area contributed by atoms with Crippen LogP contribution in [0.1, 0.15) is 16.9 Å². The van der Waals surface area contributed by atoms with Gasteiger partial charge in [-0.05, 0) is 36.8 Å². The summed E-state index contributed by atoms with van der Waals surface area (Å²) in [5, 5.41) is 0. The molecule has 1 aromatic carbocycles. The first kappa shape index (κ1) is 18.7. The molecule has 0 atom stereocenters. The number of benzene rings is 1. The van der Waals surface area contributed by atoms with Gasteiger partial charge < -0.3 is 15.1 Å². The topological polar surface area (TPSA) is 103 Å². The van der Waals surface area contributed by atoms with Gasteiger partial charge in [0.2, 0.25) is 5.95 Å². The van der Waals surface area contributed by atoms with Gasteiger partial charge in [0.05, 0.1) is 12.1 Å². The Bertz CT molecular complexity index is 1290. The van der Waals surface area contributed by atoms with Gasteiger partial charge in [-0.25, -0.2) is 14.2 Å². The molecule has 0 aliphatic heterocycles. The Balaban J connectivity index is 1.90. The van der Waals surface area contributed by atoms with Crippen molar-refractivity contribution < 1.29 is 22.0 Å². The second kappa shape index (κ2) is 6.47. The maximum Gasteiger partial charge on any atom is 0.416 e. The monoisotopic (exact) mass is 407 g/mol. The summed E-state index contributed by atoms with van der Waals surface area (Å²) in [5.41, 5.74) is 3.91. The first-order valence-electron chi connectivity index (χ1n) is 8.32. The lowest BCUT2D eigenvalue weighted by atomic mass is 10.1. The number of H-pyrrole nitrogens is 1. The van der Waals surface area contributed by atoms with Crippen LogP contribution in [0.15, 0.2) is 39.5 Å². The van der Waals surface area contributed by atoms with Crippen LogP contribution in [0.4, 0.5) is 23.5 Å². The molecule has 0 saturated carbocycles. The van der Waals surface area contributed by atoms with Gasteiger partial charge in [-0.15, -0.1) is 0 Å². The lowest BCUT2D eigenvalue weighted by molar-refractivity contribution is -0.138. The summed E-state index contributed by atoms with van der Waals surface area (Å²) in [7, 11) is 0. The van der Waals surface area contributed by atoms with E-state index in [1.807, 2.05) is 0 Å². The fourth-order valence-corrected chi connectivity index (χ4v) is 3.05. The third kappa shape index (κ3) is 3.35. The van der Waals surface area contributed by atoms with E-state index in [4.69, 9.17) is 10.2 Å². The van der Waals surface area contributed by atoms with Gasteiger partial charge in [0.25, 0.3) is 0 Å². The standard InChI is InChI=1S/C18H13F4N5O2/c1-8-2-5-12(29-8)13-14-15(26-16(23)24-13)27(17(28)25-14)7-9-3-4-10(19)6-11(9)18(20,21)22/h2-6H,7H2,1H3,(H,25,28)(H2,23,24,26). The van der Waals surface area contributed by atoms with Crippen LogP contribution in [-0.4, -0.2) is 19.5 Å². The minimum atomic E-state index is -4.79. The van der Waals surface area contributed by atoms with E-state index >= 15 is 0 Å². The molecule has 0 bridgehead atoms. The molecule has 3 N–H and O–H groups in total. The summed E-state index contributed by atoms with van der Waals surface area (Å²) >= 11 is 0. The van der Waals surface area contributed by atoms with E-state index in [0.717, 1.165) is 16.7 Å². The highest BCUT2D eigenvalue weighted by atomic mass is 19.4. The highest BCUT2D eigenvalue weighted by molar-refractivity contribution is 5.86. The zero-order chi connectivity index (χ0) is 20.9. The number of fused-ring (bicyclic) bond motifs is 1. The Morgan fingerprint density at radius 3 is 2.62 bits per heavy atom. The average molecular weight is 407 g/mol. The van der Waals surface area contributed by atoms with E-state index in [-0.39, 0.29) is 28.4 Å². The smallest absolute Gasteiger partial charge is 0.416 e. The average Bonchev–Trinajstić information content (AvgIpc) is 3.19. The van der Waals surface area contributed by atoms with Gasteiger partial charge in [0.1, 0.15) is 22.8 Å². The number of nitrogens with two attached hydrogens (primary N) is 1. The summed E-state index contributed by atoms with van der Waals surface area (Å²) < 4.78 is 59.8. The molecule has 0 fully saturated rings. The number of hydrogen-bond donors (Lipinski definition) is 2. The number of aromatic nitrogens is 4. The fraction of sp³-hybridized carbons (Fsp3) is 0.167. The van der Waals surface area contributed by atoms with Crippen molar-refractivity contribution >= 4 is 17.1 Å². The van der Waals surface area contributed by atoms with E-state index in [9.17, 15) is 22.4 Å². The summed E-state index contributed by atoms with van der Waals surface area (Å²) in [5.74, 6) is -0.320. The zero-order valence-corrected chi connectivity index (χ0v) is 14.8. The minimum Gasteiger partial charge on any atom is -0.460 e. The summed E-state index contributed by atoms with van der Waals surface area (Å²) in [6, 6.07) is 5.56. The molecule has 0 unspecified atom stereocenters. The van der Waals surface area contributed by atoms with Crippen LogP contribution in [0.5, 0.6) is 0 Å². The molecular weight excluding hydrogens is 394 g/mol. The third-order valence-electron chi connectivity index (χ3n) is 4.32. The van der Waals surface area contributed by atoms with Gasteiger partial charge in [-0.2, -0.15) is 18.2 Å². The zero-order valence-electron chi connectivity index (χ0n) is 14.8. The summed E-state index contributed by atoms with van der Waals surface area (Å²) in [6.07, 6.45) is -4.79. The number of hydrogen-bond acceptors (Lipinski definition) is 5. The van der Waals surface area contributed by atoms with Gasteiger partial charge in [-0.3, -0.25) is 4.57 Å². The highest BCUT2D eigenvalue weighted by Gasteiger charge is 2.34. The molecule has 0 spiro atoms. The number of nitrogens with one attached hydrogen (secondary N) is 1. The molecule has 29 heavy (non-hydrogen) atoms. The van der Waals surface area contributed by atoms with E-state index in [1.54, 1.807) is 19.1 Å². The lowest BCUT2D eigenvalue weighted by Gasteiger charge is -2.13. The van der Waals surface area contributed by atoms with E-state index < -0.39 is 29.8 Å². The molecule has 0 aliphatic rings. The van der Waals surface area contributed by atoms with Gasteiger partial charge in [-0.1, -0.05) is 6.07 Å². The molecule has 0 saturated heterocycles. The highest BCUT2D eigenvalue weighted by Crippen LogP contribution is 2.33. The Morgan fingerprint density at radius 2 is 1.97 bits per heavy atom. The largest absolute Gasteiger partial charge is 0.460 e. The predicted molar refractivity (Wildman–Crippen MR) is 95.5 cm³/mol. The van der Waals surface area contributed by atoms with Crippen molar-refractivity contribution in [3.63, 3.8) is 0 Å². The summed E-state index contributed by atoms with van der Waals surface area (Å²) in [4.78, 5) is 23.1. The first-order chi connectivity index (χ1) is 13.6. The van der Waals surface area contributed by atoms with Crippen LogP contribution >= 0.6 is 0 Å². The van der Waals surface area contributed by atoms with Crippen molar-refractivity contribution in [2.24, 2.45) is 0 Å². The number of nitrogens with zero attached hydrogens (tertiary/aromatic N) is 3. The number of alkyl halides is 3. The second-order valence-corrected chi connectivity index (χ2v) is 6.35. The molecule has 4 rings (SSSR count). The summed E-state index contributed by atoms with van der Waals surface area (Å²) in [6.45, 7) is 1.22. The Morgan fingerprint density at radius 1 is 1.21 bits per heavy atom. The number of imidazole rings is 1. The number of nitrogen functional groups attached to an aromatic ring is 1. The minimum absolute atomic E-state index is 0.00371. The SMILES string of the molecule is Cc1ccc(-c2nc(N)nc3c2[nH]c(=O)n3Cc2ccc(F)cc2C(F)(F)F)o1. The van der Waals surface area contributed by atoms with Crippen LogP contribution in [-0.2, 0) is 12.7 Å². The van der Waals surface area contributed by atoms with Crippen LogP contribution in [0.2, 0.25) is 0 Å². The van der Waals surface area contributed by atoms with Gasteiger partial charge in [0.15, 0.2) is 11.4 Å². The number of furan rings is 1. The first-order valence-corrected chi connectivity index (χ1v) is 8.32. The van der Waals surface area contributed by atoms with Crippen molar-refractivity contribution in [2.75, 3.05) is 5.73 Å². The number of aromatic amines is 1. The molecule has 3 aromatic heterocycles.